The highest BCUT2D eigenvalue weighted by Gasteiger charge is 2.06. The SMILES string of the molecule is Fc1ccc(CCNCc2cccc(C(F)F)c2)cc1. The van der Waals surface area contributed by atoms with Gasteiger partial charge in [-0.15, -0.1) is 0 Å². The molecule has 0 unspecified atom stereocenters. The smallest absolute Gasteiger partial charge is 0.263 e. The van der Waals surface area contributed by atoms with Crippen LogP contribution < -0.4 is 5.32 Å². The fraction of sp³-hybridized carbons (Fsp3) is 0.250. The summed E-state index contributed by atoms with van der Waals surface area (Å²) in [6.07, 6.45) is -1.66. The minimum absolute atomic E-state index is 0.0443. The minimum atomic E-state index is -2.44. The van der Waals surface area contributed by atoms with Gasteiger partial charge in [0.25, 0.3) is 6.43 Å². The Balaban J connectivity index is 1.78. The molecule has 0 aliphatic rings. The molecule has 0 aliphatic heterocycles. The molecule has 0 aliphatic carbocycles. The Bertz CT molecular complexity index is 538. The molecule has 20 heavy (non-hydrogen) atoms. The van der Waals surface area contributed by atoms with Crippen molar-refractivity contribution in [1.29, 1.82) is 0 Å². The van der Waals surface area contributed by atoms with Gasteiger partial charge in [-0.1, -0.05) is 30.3 Å². The fourth-order valence-corrected chi connectivity index (χ4v) is 1.96. The van der Waals surface area contributed by atoms with Crippen molar-refractivity contribution in [2.24, 2.45) is 0 Å². The molecule has 0 radical (unpaired) electrons. The van der Waals surface area contributed by atoms with Gasteiger partial charge in [0.2, 0.25) is 0 Å². The zero-order chi connectivity index (χ0) is 14.4. The summed E-state index contributed by atoms with van der Waals surface area (Å²) in [5.41, 5.74) is 1.92. The van der Waals surface area contributed by atoms with Gasteiger partial charge in [0.05, 0.1) is 0 Å². The molecule has 0 saturated carbocycles. The lowest BCUT2D eigenvalue weighted by Crippen LogP contribution is -2.16. The molecule has 0 heterocycles. The van der Waals surface area contributed by atoms with E-state index in [0.29, 0.717) is 13.1 Å². The van der Waals surface area contributed by atoms with Crippen LogP contribution in [0, 0.1) is 5.82 Å². The average molecular weight is 279 g/mol. The number of rotatable bonds is 6. The fourth-order valence-electron chi connectivity index (χ4n) is 1.96. The van der Waals surface area contributed by atoms with Crippen molar-refractivity contribution in [3.05, 3.63) is 71.0 Å². The number of hydrogen-bond acceptors (Lipinski definition) is 1. The topological polar surface area (TPSA) is 12.0 Å². The summed E-state index contributed by atoms with van der Waals surface area (Å²) in [6.45, 7) is 1.26. The lowest BCUT2D eigenvalue weighted by atomic mass is 10.1. The van der Waals surface area contributed by atoms with E-state index in [1.807, 2.05) is 6.07 Å². The maximum Gasteiger partial charge on any atom is 0.263 e. The Morgan fingerprint density at radius 3 is 2.40 bits per heavy atom. The molecule has 0 spiro atoms. The summed E-state index contributed by atoms with van der Waals surface area (Å²) >= 11 is 0. The first-order chi connectivity index (χ1) is 9.65. The van der Waals surface area contributed by atoms with Gasteiger partial charge in [-0.2, -0.15) is 0 Å². The van der Waals surface area contributed by atoms with Crippen LogP contribution in [0.4, 0.5) is 13.2 Å². The van der Waals surface area contributed by atoms with E-state index < -0.39 is 6.43 Å². The van der Waals surface area contributed by atoms with Gasteiger partial charge in [-0.05, 0) is 42.3 Å². The number of nitrogens with one attached hydrogen (secondary N) is 1. The van der Waals surface area contributed by atoms with Crippen LogP contribution in [0.15, 0.2) is 48.5 Å². The summed E-state index contributed by atoms with van der Waals surface area (Å²) in [7, 11) is 0. The van der Waals surface area contributed by atoms with Crippen molar-refractivity contribution in [2.75, 3.05) is 6.54 Å². The molecular weight excluding hydrogens is 263 g/mol. The Morgan fingerprint density at radius 2 is 1.70 bits per heavy atom. The highest BCUT2D eigenvalue weighted by atomic mass is 19.3. The molecule has 2 aromatic rings. The standard InChI is InChI=1S/C16H16F3N/c17-15-6-4-12(5-7-15)8-9-20-11-13-2-1-3-14(10-13)16(18)19/h1-7,10,16,20H,8-9,11H2. The lowest BCUT2D eigenvalue weighted by Gasteiger charge is -2.07. The first-order valence-electron chi connectivity index (χ1n) is 6.47. The maximum atomic E-state index is 12.7. The molecule has 2 rings (SSSR count). The van der Waals surface area contributed by atoms with Gasteiger partial charge in [-0.25, -0.2) is 13.2 Å². The maximum absolute atomic E-state index is 12.7. The number of benzene rings is 2. The van der Waals surface area contributed by atoms with Gasteiger partial charge in [0.1, 0.15) is 5.82 Å². The molecule has 0 saturated heterocycles. The predicted molar refractivity (Wildman–Crippen MR) is 73.2 cm³/mol. The highest BCUT2D eigenvalue weighted by Crippen LogP contribution is 2.19. The van der Waals surface area contributed by atoms with Gasteiger partial charge < -0.3 is 5.32 Å². The van der Waals surface area contributed by atoms with E-state index in [1.165, 1.54) is 24.3 Å². The zero-order valence-corrected chi connectivity index (χ0v) is 11.0. The van der Waals surface area contributed by atoms with E-state index in [-0.39, 0.29) is 11.4 Å². The van der Waals surface area contributed by atoms with Crippen molar-refractivity contribution in [2.45, 2.75) is 19.4 Å². The van der Waals surface area contributed by atoms with E-state index in [0.717, 1.165) is 17.5 Å². The van der Waals surface area contributed by atoms with Crippen molar-refractivity contribution < 1.29 is 13.2 Å². The molecule has 0 atom stereocenters. The van der Waals surface area contributed by atoms with Crippen LogP contribution in [-0.4, -0.2) is 6.54 Å². The molecule has 1 N–H and O–H groups in total. The first-order valence-corrected chi connectivity index (χ1v) is 6.47. The minimum Gasteiger partial charge on any atom is -0.312 e. The van der Waals surface area contributed by atoms with Crippen LogP contribution in [0.2, 0.25) is 0 Å². The number of hydrogen-bond donors (Lipinski definition) is 1. The van der Waals surface area contributed by atoms with Gasteiger partial charge in [0, 0.05) is 12.1 Å². The second-order valence-electron chi connectivity index (χ2n) is 4.60. The van der Waals surface area contributed by atoms with E-state index in [9.17, 15) is 13.2 Å². The van der Waals surface area contributed by atoms with Crippen LogP contribution in [0.25, 0.3) is 0 Å². The zero-order valence-electron chi connectivity index (χ0n) is 11.0. The van der Waals surface area contributed by atoms with Crippen molar-refractivity contribution >= 4 is 0 Å². The third-order valence-electron chi connectivity index (χ3n) is 3.04. The second-order valence-corrected chi connectivity index (χ2v) is 4.60. The summed E-state index contributed by atoms with van der Waals surface area (Å²) in [4.78, 5) is 0. The summed E-state index contributed by atoms with van der Waals surface area (Å²) in [6, 6.07) is 12.7. The molecule has 4 heteroatoms. The summed E-state index contributed by atoms with van der Waals surface area (Å²) < 4.78 is 37.8. The third kappa shape index (κ3) is 4.38. The average Bonchev–Trinajstić information content (AvgIpc) is 2.46. The normalized spacial score (nSPS) is 11.0. The summed E-state index contributed by atoms with van der Waals surface area (Å²) in [5.74, 6) is -0.245. The monoisotopic (exact) mass is 279 g/mol. The number of alkyl halides is 2. The van der Waals surface area contributed by atoms with E-state index >= 15 is 0 Å². The molecule has 0 fully saturated rings. The van der Waals surface area contributed by atoms with Crippen LogP contribution in [-0.2, 0) is 13.0 Å². The molecule has 0 amide bonds. The van der Waals surface area contributed by atoms with Gasteiger partial charge in [-0.3, -0.25) is 0 Å². The number of halogens is 3. The Morgan fingerprint density at radius 1 is 0.950 bits per heavy atom. The highest BCUT2D eigenvalue weighted by molar-refractivity contribution is 5.24. The van der Waals surface area contributed by atoms with E-state index in [4.69, 9.17) is 0 Å². The lowest BCUT2D eigenvalue weighted by molar-refractivity contribution is 0.151. The predicted octanol–water partition coefficient (Wildman–Crippen LogP) is 4.10. The molecule has 2 aromatic carbocycles. The van der Waals surface area contributed by atoms with Crippen LogP contribution >= 0.6 is 0 Å². The van der Waals surface area contributed by atoms with Gasteiger partial charge >= 0.3 is 0 Å². The van der Waals surface area contributed by atoms with Crippen molar-refractivity contribution in [3.63, 3.8) is 0 Å². The van der Waals surface area contributed by atoms with Crippen LogP contribution in [0.1, 0.15) is 23.1 Å². The second kappa shape index (κ2) is 7.10. The first kappa shape index (κ1) is 14.6. The quantitative estimate of drug-likeness (QED) is 0.785. The molecule has 1 nitrogen and oxygen atoms in total. The van der Waals surface area contributed by atoms with Gasteiger partial charge in [0.15, 0.2) is 0 Å². The van der Waals surface area contributed by atoms with Crippen LogP contribution in [0.3, 0.4) is 0 Å². The largest absolute Gasteiger partial charge is 0.312 e. The Labute approximate surface area is 116 Å². The molecule has 0 bridgehead atoms. The molecular formula is C16H16F3N. The third-order valence-corrected chi connectivity index (χ3v) is 3.04. The Hall–Kier alpha value is -1.81. The summed E-state index contributed by atoms with van der Waals surface area (Å²) in [5, 5.41) is 3.19. The molecule has 106 valence electrons. The van der Waals surface area contributed by atoms with Crippen molar-refractivity contribution in [1.82, 2.24) is 5.32 Å². The Kier molecular flexibility index (Phi) is 5.18. The van der Waals surface area contributed by atoms with Crippen molar-refractivity contribution in [3.8, 4) is 0 Å². The van der Waals surface area contributed by atoms with Crippen LogP contribution in [0.5, 0.6) is 0 Å². The van der Waals surface area contributed by atoms with E-state index in [2.05, 4.69) is 5.32 Å². The molecule has 0 aromatic heterocycles. The van der Waals surface area contributed by atoms with E-state index in [1.54, 1.807) is 18.2 Å².